The molecule has 9 aromatic rings. The maximum Gasteiger partial charge on any atom is 0.0554 e. The van der Waals surface area contributed by atoms with Crippen LogP contribution in [-0.2, 0) is 0 Å². The molecule has 0 saturated heterocycles. The number of benzene rings is 8. The highest BCUT2D eigenvalue weighted by atomic mass is 32.1. The van der Waals surface area contributed by atoms with Crippen molar-refractivity contribution < 1.29 is 0 Å². The highest BCUT2D eigenvalue weighted by Gasteiger charge is 2.19. The highest BCUT2D eigenvalue weighted by Crippen LogP contribution is 2.45. The Morgan fingerprint density at radius 2 is 0.917 bits per heavy atom. The summed E-state index contributed by atoms with van der Waals surface area (Å²) in [5, 5.41) is 5.09. The van der Waals surface area contributed by atoms with Crippen LogP contribution in [0, 0.1) is 0 Å². The van der Waals surface area contributed by atoms with Gasteiger partial charge in [0.25, 0.3) is 0 Å². The topological polar surface area (TPSA) is 3.24 Å². The summed E-state index contributed by atoms with van der Waals surface area (Å²) >= 11 is 1.86. The van der Waals surface area contributed by atoms with E-state index in [4.69, 9.17) is 0 Å². The second-order valence-corrected chi connectivity index (χ2v) is 13.3. The molecule has 9 rings (SSSR count). The number of fused-ring (bicyclic) bond motifs is 4. The molecular weight excluding hydrogens is 599 g/mol. The van der Waals surface area contributed by atoms with Crippen molar-refractivity contribution in [1.29, 1.82) is 0 Å². The lowest BCUT2D eigenvalue weighted by Crippen LogP contribution is -2.10. The molecule has 0 bridgehead atoms. The molecule has 0 N–H and O–H groups in total. The first-order valence-electron chi connectivity index (χ1n) is 16.3. The predicted molar refractivity (Wildman–Crippen MR) is 208 cm³/mol. The molecule has 0 unspecified atom stereocenters. The zero-order valence-corrected chi connectivity index (χ0v) is 27.1. The summed E-state index contributed by atoms with van der Waals surface area (Å²) in [6.07, 6.45) is 0. The van der Waals surface area contributed by atoms with Gasteiger partial charge in [-0.3, -0.25) is 0 Å². The predicted octanol–water partition coefficient (Wildman–Crippen LogP) is 13.7. The van der Waals surface area contributed by atoms with Gasteiger partial charge >= 0.3 is 0 Å². The van der Waals surface area contributed by atoms with Crippen molar-refractivity contribution in [3.8, 4) is 33.4 Å². The number of nitrogens with zero attached hydrogens (tertiary/aromatic N) is 1. The standard InChI is InChI=1S/C46H31NS/c1-2-11-32(12-3-1)36-15-8-16-37(29-36)38-17-9-18-41(31-38)47(43-20-10-22-45-46(43)42-19-6-7-21-44(42)48-45)40-27-25-34(26-28-40)39-24-23-33-13-4-5-14-35(33)30-39/h1-31H. The van der Waals surface area contributed by atoms with Gasteiger partial charge in [0.05, 0.1) is 5.69 Å². The van der Waals surface area contributed by atoms with Crippen LogP contribution in [0.2, 0.25) is 0 Å². The second kappa shape index (κ2) is 12.0. The molecule has 0 saturated carbocycles. The number of hydrogen-bond donors (Lipinski definition) is 0. The fourth-order valence-electron chi connectivity index (χ4n) is 6.87. The summed E-state index contributed by atoms with van der Waals surface area (Å²) in [5.41, 5.74) is 10.7. The molecule has 1 nitrogen and oxygen atoms in total. The summed E-state index contributed by atoms with van der Waals surface area (Å²) in [4.78, 5) is 2.43. The average molecular weight is 630 g/mol. The van der Waals surface area contributed by atoms with Crippen LogP contribution in [0.25, 0.3) is 64.3 Å². The monoisotopic (exact) mass is 629 g/mol. The molecule has 2 heteroatoms. The van der Waals surface area contributed by atoms with E-state index in [1.807, 2.05) is 11.3 Å². The molecule has 0 amide bonds. The minimum absolute atomic E-state index is 1.12. The quantitative estimate of drug-likeness (QED) is 0.177. The lowest BCUT2D eigenvalue weighted by molar-refractivity contribution is 1.30. The minimum Gasteiger partial charge on any atom is -0.310 e. The Morgan fingerprint density at radius 3 is 1.77 bits per heavy atom. The van der Waals surface area contributed by atoms with Gasteiger partial charge in [-0.25, -0.2) is 0 Å². The lowest BCUT2D eigenvalue weighted by atomic mass is 9.98. The fourth-order valence-corrected chi connectivity index (χ4v) is 8.00. The van der Waals surface area contributed by atoms with Crippen molar-refractivity contribution in [2.24, 2.45) is 0 Å². The first kappa shape index (κ1) is 28.3. The van der Waals surface area contributed by atoms with Crippen LogP contribution in [0.4, 0.5) is 17.1 Å². The van der Waals surface area contributed by atoms with E-state index in [1.54, 1.807) is 0 Å². The van der Waals surface area contributed by atoms with E-state index in [2.05, 4.69) is 193 Å². The molecule has 0 aliphatic heterocycles. The Hall–Kier alpha value is -5.96. The molecule has 0 atom stereocenters. The van der Waals surface area contributed by atoms with E-state index in [9.17, 15) is 0 Å². The molecule has 0 radical (unpaired) electrons. The highest BCUT2D eigenvalue weighted by molar-refractivity contribution is 7.26. The van der Waals surface area contributed by atoms with Gasteiger partial charge in [0, 0.05) is 31.5 Å². The normalized spacial score (nSPS) is 11.3. The number of thiophene rings is 1. The van der Waals surface area contributed by atoms with E-state index < -0.39 is 0 Å². The lowest BCUT2D eigenvalue weighted by Gasteiger charge is -2.27. The maximum atomic E-state index is 2.43. The third-order valence-electron chi connectivity index (χ3n) is 9.24. The largest absolute Gasteiger partial charge is 0.310 e. The Bertz CT molecular complexity index is 2560. The summed E-state index contributed by atoms with van der Waals surface area (Å²) < 4.78 is 2.59. The third-order valence-corrected chi connectivity index (χ3v) is 10.4. The Labute approximate surface area is 284 Å². The number of anilines is 3. The summed E-state index contributed by atoms with van der Waals surface area (Å²) in [7, 11) is 0. The van der Waals surface area contributed by atoms with Gasteiger partial charge in [0.2, 0.25) is 0 Å². The zero-order valence-electron chi connectivity index (χ0n) is 26.3. The molecule has 48 heavy (non-hydrogen) atoms. The van der Waals surface area contributed by atoms with Gasteiger partial charge in [0.1, 0.15) is 0 Å². The molecule has 0 spiro atoms. The number of hydrogen-bond acceptors (Lipinski definition) is 2. The number of rotatable bonds is 6. The van der Waals surface area contributed by atoms with Crippen LogP contribution in [0.3, 0.4) is 0 Å². The van der Waals surface area contributed by atoms with Crippen LogP contribution in [-0.4, -0.2) is 0 Å². The van der Waals surface area contributed by atoms with Gasteiger partial charge < -0.3 is 4.90 Å². The van der Waals surface area contributed by atoms with Crippen LogP contribution in [0.1, 0.15) is 0 Å². The van der Waals surface area contributed by atoms with Crippen molar-refractivity contribution in [3.05, 3.63) is 188 Å². The average Bonchev–Trinajstić information content (AvgIpc) is 3.55. The van der Waals surface area contributed by atoms with Gasteiger partial charge in [-0.1, -0.05) is 133 Å². The molecule has 1 heterocycles. The Kier molecular flexibility index (Phi) is 7.07. The Morgan fingerprint density at radius 1 is 0.333 bits per heavy atom. The van der Waals surface area contributed by atoms with E-state index in [1.165, 1.54) is 70.0 Å². The fraction of sp³-hybridized carbons (Fsp3) is 0. The van der Waals surface area contributed by atoms with Crippen molar-refractivity contribution in [1.82, 2.24) is 0 Å². The van der Waals surface area contributed by atoms with Gasteiger partial charge in [0.15, 0.2) is 0 Å². The SMILES string of the molecule is c1ccc(-c2cccc(-c3cccc(N(c4ccc(-c5ccc6ccccc6c5)cc4)c4cccc5sc6ccccc6c45)c3)c2)cc1. The second-order valence-electron chi connectivity index (χ2n) is 12.2. The molecular formula is C46H31NS. The molecule has 1 aromatic heterocycles. The van der Waals surface area contributed by atoms with Gasteiger partial charge in [-0.2, -0.15) is 0 Å². The first-order chi connectivity index (χ1) is 23.8. The van der Waals surface area contributed by atoms with Crippen molar-refractivity contribution >= 4 is 59.3 Å². The van der Waals surface area contributed by atoms with Crippen LogP contribution >= 0.6 is 11.3 Å². The Balaban J connectivity index is 1.19. The first-order valence-corrected chi connectivity index (χ1v) is 17.2. The van der Waals surface area contributed by atoms with E-state index in [0.29, 0.717) is 0 Å². The van der Waals surface area contributed by atoms with Crippen molar-refractivity contribution in [2.45, 2.75) is 0 Å². The van der Waals surface area contributed by atoms with E-state index in [-0.39, 0.29) is 0 Å². The van der Waals surface area contributed by atoms with Crippen LogP contribution in [0.15, 0.2) is 188 Å². The maximum absolute atomic E-state index is 2.43. The third kappa shape index (κ3) is 5.13. The van der Waals surface area contributed by atoms with Crippen LogP contribution < -0.4 is 4.90 Å². The summed E-state index contributed by atoms with van der Waals surface area (Å²) in [6, 6.07) is 68.2. The van der Waals surface area contributed by atoms with E-state index >= 15 is 0 Å². The van der Waals surface area contributed by atoms with Gasteiger partial charge in [-0.15, -0.1) is 11.3 Å². The summed E-state index contributed by atoms with van der Waals surface area (Å²) in [5.74, 6) is 0. The summed E-state index contributed by atoms with van der Waals surface area (Å²) in [6.45, 7) is 0. The van der Waals surface area contributed by atoms with Gasteiger partial charge in [-0.05, 0) is 98.8 Å². The molecule has 8 aromatic carbocycles. The zero-order chi connectivity index (χ0) is 31.9. The molecule has 0 aliphatic rings. The van der Waals surface area contributed by atoms with Crippen molar-refractivity contribution in [3.63, 3.8) is 0 Å². The smallest absolute Gasteiger partial charge is 0.0554 e. The minimum atomic E-state index is 1.12. The molecule has 226 valence electrons. The van der Waals surface area contributed by atoms with Crippen LogP contribution in [0.5, 0.6) is 0 Å². The van der Waals surface area contributed by atoms with E-state index in [0.717, 1.165) is 11.4 Å². The van der Waals surface area contributed by atoms with Crippen molar-refractivity contribution in [2.75, 3.05) is 4.90 Å². The molecule has 0 fully saturated rings. The molecule has 0 aliphatic carbocycles.